The third kappa shape index (κ3) is 4.39. The van der Waals surface area contributed by atoms with E-state index in [-0.39, 0.29) is 5.60 Å². The van der Waals surface area contributed by atoms with Crippen molar-refractivity contribution in [2.75, 3.05) is 53.0 Å². The SMILES string of the molecule is COc1ccc(CN2CCOC[C@@]3(CC[C@H](CN4CCCC4)O3)C2)cc1. The van der Waals surface area contributed by atoms with Gasteiger partial charge in [0.05, 0.1) is 26.4 Å². The third-order valence-corrected chi connectivity index (χ3v) is 5.99. The Hall–Kier alpha value is -1.14. The monoisotopic (exact) mass is 360 g/mol. The van der Waals surface area contributed by atoms with Crippen molar-refractivity contribution in [2.24, 2.45) is 0 Å². The van der Waals surface area contributed by atoms with Gasteiger partial charge in [-0.3, -0.25) is 4.90 Å². The summed E-state index contributed by atoms with van der Waals surface area (Å²) in [5.41, 5.74) is 1.20. The van der Waals surface area contributed by atoms with Crippen molar-refractivity contribution in [1.82, 2.24) is 9.80 Å². The number of ether oxygens (including phenoxy) is 3. The molecule has 2 atom stereocenters. The maximum atomic E-state index is 6.61. The van der Waals surface area contributed by atoms with E-state index in [1.807, 2.05) is 12.1 Å². The van der Waals surface area contributed by atoms with Crippen LogP contribution >= 0.6 is 0 Å². The van der Waals surface area contributed by atoms with Crippen molar-refractivity contribution >= 4 is 0 Å². The summed E-state index contributed by atoms with van der Waals surface area (Å²) in [6.45, 7) is 7.99. The second kappa shape index (κ2) is 8.26. The summed E-state index contributed by atoms with van der Waals surface area (Å²) in [5.74, 6) is 0.910. The molecule has 0 radical (unpaired) electrons. The molecule has 1 aromatic rings. The zero-order valence-corrected chi connectivity index (χ0v) is 16.0. The molecule has 0 aliphatic carbocycles. The molecule has 26 heavy (non-hydrogen) atoms. The predicted molar refractivity (Wildman–Crippen MR) is 102 cm³/mol. The molecule has 5 nitrogen and oxygen atoms in total. The molecule has 3 aliphatic rings. The summed E-state index contributed by atoms with van der Waals surface area (Å²) in [7, 11) is 1.71. The van der Waals surface area contributed by atoms with Crippen LogP contribution in [0.15, 0.2) is 24.3 Å². The van der Waals surface area contributed by atoms with Gasteiger partial charge in [-0.15, -0.1) is 0 Å². The number of hydrogen-bond donors (Lipinski definition) is 0. The standard InChI is InChI=1S/C21H32N2O3/c1-24-19-6-4-18(5-7-19)14-23-12-13-25-17-21(16-23)9-8-20(26-21)15-22-10-2-3-11-22/h4-7,20H,2-3,8-17H2,1H3/t20-,21-/m1/s1. The van der Waals surface area contributed by atoms with Crippen molar-refractivity contribution in [3.63, 3.8) is 0 Å². The number of hydrogen-bond acceptors (Lipinski definition) is 5. The first kappa shape index (κ1) is 18.2. The van der Waals surface area contributed by atoms with Gasteiger partial charge in [0.2, 0.25) is 0 Å². The van der Waals surface area contributed by atoms with E-state index in [0.29, 0.717) is 6.10 Å². The van der Waals surface area contributed by atoms with E-state index in [0.717, 1.165) is 58.0 Å². The van der Waals surface area contributed by atoms with Crippen molar-refractivity contribution in [2.45, 2.75) is 43.9 Å². The first-order chi connectivity index (χ1) is 12.7. The largest absolute Gasteiger partial charge is 0.497 e. The van der Waals surface area contributed by atoms with Crippen LogP contribution in [0.1, 0.15) is 31.2 Å². The van der Waals surface area contributed by atoms with Gasteiger partial charge in [-0.2, -0.15) is 0 Å². The molecule has 1 spiro atoms. The van der Waals surface area contributed by atoms with E-state index in [9.17, 15) is 0 Å². The summed E-state index contributed by atoms with van der Waals surface area (Å²) >= 11 is 0. The lowest BCUT2D eigenvalue weighted by Gasteiger charge is -2.32. The van der Waals surface area contributed by atoms with Crippen molar-refractivity contribution in [3.8, 4) is 5.75 Å². The van der Waals surface area contributed by atoms with Gasteiger partial charge in [-0.05, 0) is 56.5 Å². The highest BCUT2D eigenvalue weighted by Crippen LogP contribution is 2.34. The Kier molecular flexibility index (Phi) is 5.79. The van der Waals surface area contributed by atoms with E-state index >= 15 is 0 Å². The Balaban J connectivity index is 1.36. The lowest BCUT2D eigenvalue weighted by molar-refractivity contribution is -0.0913. The molecular formula is C21H32N2O3. The quantitative estimate of drug-likeness (QED) is 0.806. The fourth-order valence-corrected chi connectivity index (χ4v) is 4.61. The molecule has 4 rings (SSSR count). The normalized spacial score (nSPS) is 30.7. The second-order valence-corrected chi connectivity index (χ2v) is 8.08. The smallest absolute Gasteiger partial charge is 0.118 e. The molecular weight excluding hydrogens is 328 g/mol. The number of benzene rings is 1. The van der Waals surface area contributed by atoms with Crippen LogP contribution in [0.3, 0.4) is 0 Å². The van der Waals surface area contributed by atoms with E-state index in [2.05, 4.69) is 21.9 Å². The predicted octanol–water partition coefficient (Wildman–Crippen LogP) is 2.54. The zero-order valence-electron chi connectivity index (χ0n) is 16.0. The van der Waals surface area contributed by atoms with Crippen LogP contribution in [0, 0.1) is 0 Å². The Bertz CT molecular complexity index is 573. The summed E-state index contributed by atoms with van der Waals surface area (Å²) in [5, 5.41) is 0. The minimum absolute atomic E-state index is 0.118. The maximum absolute atomic E-state index is 6.61. The molecule has 144 valence electrons. The summed E-state index contributed by atoms with van der Waals surface area (Å²) in [4.78, 5) is 5.06. The van der Waals surface area contributed by atoms with Gasteiger partial charge in [0.1, 0.15) is 11.4 Å². The molecule has 3 heterocycles. The molecule has 0 bridgehead atoms. The third-order valence-electron chi connectivity index (χ3n) is 5.99. The molecule has 3 fully saturated rings. The molecule has 0 unspecified atom stereocenters. The van der Waals surface area contributed by atoms with E-state index in [1.165, 1.54) is 31.5 Å². The van der Waals surface area contributed by atoms with E-state index < -0.39 is 0 Å². The highest BCUT2D eigenvalue weighted by molar-refractivity contribution is 5.27. The maximum Gasteiger partial charge on any atom is 0.118 e. The minimum Gasteiger partial charge on any atom is -0.497 e. The molecule has 0 aromatic heterocycles. The van der Waals surface area contributed by atoms with Crippen LogP contribution in [0.25, 0.3) is 0 Å². The zero-order chi connectivity index (χ0) is 17.8. The summed E-state index contributed by atoms with van der Waals surface area (Å²) in [6.07, 6.45) is 5.34. The van der Waals surface area contributed by atoms with Gasteiger partial charge >= 0.3 is 0 Å². The molecule has 5 heteroatoms. The molecule has 0 N–H and O–H groups in total. The molecule has 0 amide bonds. The average molecular weight is 360 g/mol. The van der Waals surface area contributed by atoms with Crippen LogP contribution in [0.4, 0.5) is 0 Å². The fourth-order valence-electron chi connectivity index (χ4n) is 4.61. The first-order valence-corrected chi connectivity index (χ1v) is 10.1. The van der Waals surface area contributed by atoms with Crippen molar-refractivity contribution in [1.29, 1.82) is 0 Å². The van der Waals surface area contributed by atoms with Gasteiger partial charge in [-0.25, -0.2) is 0 Å². The molecule has 3 saturated heterocycles. The van der Waals surface area contributed by atoms with Crippen LogP contribution in [0.5, 0.6) is 5.75 Å². The van der Waals surface area contributed by atoms with Crippen molar-refractivity contribution in [3.05, 3.63) is 29.8 Å². The Morgan fingerprint density at radius 2 is 1.92 bits per heavy atom. The van der Waals surface area contributed by atoms with Crippen LogP contribution in [-0.2, 0) is 16.0 Å². The van der Waals surface area contributed by atoms with Gasteiger partial charge in [-0.1, -0.05) is 12.1 Å². The lowest BCUT2D eigenvalue weighted by atomic mass is 9.99. The van der Waals surface area contributed by atoms with E-state index in [4.69, 9.17) is 14.2 Å². The molecule has 0 saturated carbocycles. The van der Waals surface area contributed by atoms with Crippen LogP contribution < -0.4 is 4.74 Å². The van der Waals surface area contributed by atoms with Gasteiger partial charge < -0.3 is 19.1 Å². The minimum atomic E-state index is -0.118. The fraction of sp³-hybridized carbons (Fsp3) is 0.714. The van der Waals surface area contributed by atoms with Crippen LogP contribution in [-0.4, -0.2) is 74.6 Å². The number of likely N-dealkylation sites (tertiary alicyclic amines) is 1. The molecule has 1 aromatic carbocycles. The summed E-state index contributed by atoms with van der Waals surface area (Å²) < 4.78 is 17.8. The Morgan fingerprint density at radius 1 is 1.12 bits per heavy atom. The van der Waals surface area contributed by atoms with Crippen LogP contribution in [0.2, 0.25) is 0 Å². The van der Waals surface area contributed by atoms with Gasteiger partial charge in [0, 0.05) is 26.2 Å². The number of nitrogens with zero attached hydrogens (tertiary/aromatic N) is 2. The first-order valence-electron chi connectivity index (χ1n) is 10.1. The number of rotatable bonds is 5. The highest BCUT2D eigenvalue weighted by atomic mass is 16.6. The average Bonchev–Trinajstić information content (AvgIpc) is 3.25. The topological polar surface area (TPSA) is 34.2 Å². The highest BCUT2D eigenvalue weighted by Gasteiger charge is 2.43. The van der Waals surface area contributed by atoms with Gasteiger partial charge in [0.25, 0.3) is 0 Å². The Morgan fingerprint density at radius 3 is 2.69 bits per heavy atom. The summed E-state index contributed by atoms with van der Waals surface area (Å²) in [6, 6.07) is 8.39. The Labute approximate surface area is 157 Å². The lowest BCUT2D eigenvalue weighted by Crippen LogP contribution is -2.45. The van der Waals surface area contributed by atoms with Crippen molar-refractivity contribution < 1.29 is 14.2 Å². The van der Waals surface area contributed by atoms with E-state index in [1.54, 1.807) is 7.11 Å². The number of methoxy groups -OCH3 is 1. The molecule has 3 aliphatic heterocycles. The second-order valence-electron chi connectivity index (χ2n) is 8.08. The van der Waals surface area contributed by atoms with Gasteiger partial charge in [0.15, 0.2) is 0 Å².